The molecule has 1 unspecified atom stereocenters. The average molecular weight is 200 g/mol. The summed E-state index contributed by atoms with van der Waals surface area (Å²) in [5.74, 6) is -0.141. The largest absolute Gasteiger partial charge is 0.465 e. The minimum absolute atomic E-state index is 0.0189. The van der Waals surface area contributed by atoms with Crippen molar-refractivity contribution in [1.82, 2.24) is 0 Å². The fraction of sp³-hybridized carbons (Fsp3) is 0.917. The van der Waals surface area contributed by atoms with Crippen molar-refractivity contribution in [3.8, 4) is 0 Å². The van der Waals surface area contributed by atoms with Crippen molar-refractivity contribution in [3.63, 3.8) is 0 Å². The normalized spacial score (nSPS) is 15.1. The molecular weight excluding hydrogens is 176 g/mol. The third-order valence-corrected chi connectivity index (χ3v) is 2.30. The van der Waals surface area contributed by atoms with Gasteiger partial charge in [0.15, 0.2) is 0 Å². The van der Waals surface area contributed by atoms with Crippen LogP contribution < -0.4 is 0 Å². The Hall–Kier alpha value is -0.530. The van der Waals surface area contributed by atoms with Crippen molar-refractivity contribution in [2.24, 2.45) is 16.7 Å². The van der Waals surface area contributed by atoms with Gasteiger partial charge in [-0.25, -0.2) is 0 Å². The molecule has 0 aromatic carbocycles. The summed E-state index contributed by atoms with van der Waals surface area (Å²) in [5.41, 5.74) is 0.0300. The zero-order chi connectivity index (χ0) is 11.6. The minimum Gasteiger partial charge on any atom is -0.465 e. The molecule has 0 aromatic rings. The predicted octanol–water partition coefficient (Wildman–Crippen LogP) is 3.26. The van der Waals surface area contributed by atoms with Gasteiger partial charge in [-0.15, -0.1) is 0 Å². The lowest BCUT2D eigenvalue weighted by molar-refractivity contribution is -0.154. The van der Waals surface area contributed by atoms with Crippen LogP contribution in [0.2, 0.25) is 0 Å². The molecule has 0 saturated heterocycles. The van der Waals surface area contributed by atoms with Crippen LogP contribution in [0, 0.1) is 16.7 Å². The second-order valence-corrected chi connectivity index (χ2v) is 6.26. The number of rotatable bonds is 2. The van der Waals surface area contributed by atoms with Gasteiger partial charge in [0, 0.05) is 0 Å². The summed E-state index contributed by atoms with van der Waals surface area (Å²) in [7, 11) is 0. The molecule has 0 radical (unpaired) electrons. The molecule has 0 aromatic heterocycles. The summed E-state index contributed by atoms with van der Waals surface area (Å²) < 4.78 is 5.26. The van der Waals surface area contributed by atoms with Crippen LogP contribution in [0.5, 0.6) is 0 Å². The first-order valence-corrected chi connectivity index (χ1v) is 5.21. The van der Waals surface area contributed by atoms with Crippen LogP contribution in [0.4, 0.5) is 0 Å². The van der Waals surface area contributed by atoms with Gasteiger partial charge in [0.25, 0.3) is 0 Å². The van der Waals surface area contributed by atoms with Crippen LogP contribution in [0.15, 0.2) is 0 Å². The quantitative estimate of drug-likeness (QED) is 0.639. The summed E-state index contributed by atoms with van der Waals surface area (Å²) >= 11 is 0. The van der Waals surface area contributed by atoms with E-state index >= 15 is 0 Å². The molecule has 0 fully saturated rings. The van der Waals surface area contributed by atoms with Gasteiger partial charge >= 0.3 is 5.97 Å². The highest BCUT2D eigenvalue weighted by Gasteiger charge is 2.28. The number of hydrogen-bond acceptors (Lipinski definition) is 2. The molecule has 0 aliphatic heterocycles. The van der Waals surface area contributed by atoms with E-state index in [0.717, 1.165) is 0 Å². The number of carbonyl (C=O) groups excluding carboxylic acids is 1. The van der Waals surface area contributed by atoms with Crippen LogP contribution in [0.3, 0.4) is 0 Å². The van der Waals surface area contributed by atoms with Crippen molar-refractivity contribution < 1.29 is 9.53 Å². The van der Waals surface area contributed by atoms with Gasteiger partial charge in [0.05, 0.1) is 12.5 Å². The van der Waals surface area contributed by atoms with E-state index in [0.29, 0.717) is 6.61 Å². The molecule has 0 saturated carbocycles. The Labute approximate surface area is 88.0 Å². The van der Waals surface area contributed by atoms with Gasteiger partial charge in [0.1, 0.15) is 0 Å². The summed E-state index contributed by atoms with van der Waals surface area (Å²) in [6, 6.07) is 0. The zero-order valence-corrected chi connectivity index (χ0v) is 10.6. The van der Waals surface area contributed by atoms with Crippen molar-refractivity contribution in [2.75, 3.05) is 6.61 Å². The molecular formula is C12H24O2. The third-order valence-electron chi connectivity index (χ3n) is 2.30. The van der Waals surface area contributed by atoms with Crippen LogP contribution in [-0.4, -0.2) is 12.6 Å². The average Bonchev–Trinajstić information content (AvgIpc) is 1.95. The Kier molecular flexibility index (Phi) is 4.16. The van der Waals surface area contributed by atoms with Crippen molar-refractivity contribution in [3.05, 3.63) is 0 Å². The second-order valence-electron chi connectivity index (χ2n) is 6.26. The third kappa shape index (κ3) is 5.25. The lowest BCUT2D eigenvalue weighted by Crippen LogP contribution is -2.30. The molecule has 0 bridgehead atoms. The summed E-state index contributed by atoms with van der Waals surface area (Å²) in [6.45, 7) is 14.7. The van der Waals surface area contributed by atoms with Gasteiger partial charge in [-0.3, -0.25) is 4.79 Å². The summed E-state index contributed by atoms with van der Waals surface area (Å²) in [4.78, 5) is 11.6. The van der Waals surface area contributed by atoms with Gasteiger partial charge < -0.3 is 4.74 Å². The van der Waals surface area contributed by atoms with Crippen LogP contribution in [0.25, 0.3) is 0 Å². The highest BCUT2D eigenvalue weighted by Crippen LogP contribution is 2.27. The smallest absolute Gasteiger partial charge is 0.309 e. The highest BCUT2D eigenvalue weighted by molar-refractivity contribution is 5.72. The fourth-order valence-electron chi connectivity index (χ4n) is 0.766. The number of ether oxygens (including phenoxy) is 1. The van der Waals surface area contributed by atoms with E-state index in [1.807, 2.05) is 6.92 Å². The highest BCUT2D eigenvalue weighted by atomic mass is 16.5. The second kappa shape index (κ2) is 4.33. The van der Waals surface area contributed by atoms with Crippen molar-refractivity contribution >= 4 is 5.97 Å². The van der Waals surface area contributed by atoms with Gasteiger partial charge in [-0.1, -0.05) is 48.5 Å². The summed E-state index contributed by atoms with van der Waals surface area (Å²) in [6.07, 6.45) is 0. The first kappa shape index (κ1) is 13.5. The Bertz CT molecular complexity index is 193. The lowest BCUT2D eigenvalue weighted by atomic mass is 9.82. The molecule has 0 N–H and O–H groups in total. The molecule has 0 rings (SSSR count). The molecule has 0 spiro atoms. The first-order valence-electron chi connectivity index (χ1n) is 5.21. The van der Waals surface area contributed by atoms with Gasteiger partial charge in [-0.05, 0) is 10.8 Å². The molecule has 2 heteroatoms. The van der Waals surface area contributed by atoms with E-state index in [4.69, 9.17) is 4.74 Å². The van der Waals surface area contributed by atoms with Gasteiger partial charge in [0.2, 0.25) is 0 Å². The zero-order valence-electron chi connectivity index (χ0n) is 10.6. The monoisotopic (exact) mass is 200 g/mol. The SMILES string of the molecule is CC(C(=O)OCC(C)(C)C)C(C)(C)C. The minimum atomic E-state index is -0.0903. The maximum Gasteiger partial charge on any atom is 0.309 e. The van der Waals surface area contributed by atoms with E-state index in [9.17, 15) is 4.79 Å². The van der Waals surface area contributed by atoms with Crippen LogP contribution in [-0.2, 0) is 9.53 Å². The van der Waals surface area contributed by atoms with E-state index in [-0.39, 0.29) is 22.7 Å². The number of esters is 1. The number of carbonyl (C=O) groups is 1. The molecule has 2 nitrogen and oxygen atoms in total. The Morgan fingerprint density at radius 1 is 1.14 bits per heavy atom. The maximum absolute atomic E-state index is 11.6. The summed E-state index contributed by atoms with van der Waals surface area (Å²) in [5, 5.41) is 0. The van der Waals surface area contributed by atoms with Crippen LogP contribution in [0.1, 0.15) is 48.5 Å². The fourth-order valence-corrected chi connectivity index (χ4v) is 0.766. The molecule has 14 heavy (non-hydrogen) atoms. The lowest BCUT2D eigenvalue weighted by Gasteiger charge is -2.27. The van der Waals surface area contributed by atoms with E-state index in [1.165, 1.54) is 0 Å². The molecule has 0 heterocycles. The van der Waals surface area contributed by atoms with E-state index < -0.39 is 0 Å². The number of hydrogen-bond donors (Lipinski definition) is 0. The maximum atomic E-state index is 11.6. The Balaban J connectivity index is 4.11. The topological polar surface area (TPSA) is 26.3 Å². The molecule has 0 amide bonds. The Morgan fingerprint density at radius 3 is 1.86 bits per heavy atom. The first-order chi connectivity index (χ1) is 6.04. The standard InChI is InChI=1S/C12H24O2/c1-9(12(5,6)7)10(13)14-8-11(2,3)4/h9H,8H2,1-7H3. The molecule has 84 valence electrons. The molecule has 0 aliphatic rings. The van der Waals surface area contributed by atoms with Crippen molar-refractivity contribution in [1.29, 1.82) is 0 Å². The van der Waals surface area contributed by atoms with Gasteiger partial charge in [-0.2, -0.15) is 0 Å². The Morgan fingerprint density at radius 2 is 1.57 bits per heavy atom. The predicted molar refractivity (Wildman–Crippen MR) is 59.0 cm³/mol. The van der Waals surface area contributed by atoms with E-state index in [1.54, 1.807) is 0 Å². The van der Waals surface area contributed by atoms with E-state index in [2.05, 4.69) is 41.5 Å². The van der Waals surface area contributed by atoms with Crippen molar-refractivity contribution in [2.45, 2.75) is 48.5 Å². The van der Waals surface area contributed by atoms with Crippen LogP contribution >= 0.6 is 0 Å². The molecule has 1 atom stereocenters. The molecule has 0 aliphatic carbocycles.